The summed E-state index contributed by atoms with van der Waals surface area (Å²) in [6.07, 6.45) is 1.66. The number of rotatable bonds is 3. The molecule has 3 aromatic rings. The maximum absolute atomic E-state index is 14.9. The second-order valence-electron chi connectivity index (χ2n) is 6.81. The Morgan fingerprint density at radius 3 is 2.71 bits per heavy atom. The molecule has 0 bridgehead atoms. The van der Waals surface area contributed by atoms with E-state index in [0.29, 0.717) is 4.88 Å². The van der Waals surface area contributed by atoms with E-state index in [9.17, 15) is 12.8 Å². The third kappa shape index (κ3) is 3.08. The van der Waals surface area contributed by atoms with Crippen LogP contribution in [0.3, 0.4) is 0 Å². The molecule has 2 aromatic heterocycles. The average molecular weight is 420 g/mol. The van der Waals surface area contributed by atoms with Crippen LogP contribution < -0.4 is 5.73 Å². The first-order valence-electron chi connectivity index (χ1n) is 8.41. The molecule has 0 aliphatic carbocycles. The van der Waals surface area contributed by atoms with Crippen LogP contribution in [-0.4, -0.2) is 41.7 Å². The summed E-state index contributed by atoms with van der Waals surface area (Å²) in [5, 5.41) is 6.85. The van der Waals surface area contributed by atoms with E-state index in [1.807, 2.05) is 30.3 Å². The lowest BCUT2D eigenvalue weighted by atomic mass is 10.0. The fraction of sp³-hybridized carbons (Fsp3) is 0.222. The van der Waals surface area contributed by atoms with Crippen LogP contribution in [0.25, 0.3) is 21.7 Å². The largest absolute Gasteiger partial charge is 0.369 e. The SMILES string of the molecule is CN1C(N)=NC(C)(c2sc(-c3cccc(-c4ccn[nH]4)c3)cc2F)CS1(=O)=O. The highest BCUT2D eigenvalue weighted by Gasteiger charge is 2.42. The fourth-order valence-corrected chi connectivity index (χ4v) is 5.85. The molecule has 0 radical (unpaired) electrons. The van der Waals surface area contributed by atoms with E-state index < -0.39 is 21.4 Å². The zero-order chi connectivity index (χ0) is 20.1. The summed E-state index contributed by atoms with van der Waals surface area (Å²) in [4.78, 5) is 5.21. The molecule has 1 atom stereocenters. The summed E-state index contributed by atoms with van der Waals surface area (Å²) in [7, 11) is -2.33. The van der Waals surface area contributed by atoms with Gasteiger partial charge in [-0.3, -0.25) is 5.10 Å². The van der Waals surface area contributed by atoms with Crippen LogP contribution in [0.5, 0.6) is 0 Å². The first-order valence-corrected chi connectivity index (χ1v) is 10.8. The topological polar surface area (TPSA) is 104 Å². The minimum Gasteiger partial charge on any atom is -0.369 e. The molecule has 28 heavy (non-hydrogen) atoms. The maximum Gasteiger partial charge on any atom is 0.239 e. The molecular formula is C18H18FN5O2S2. The van der Waals surface area contributed by atoms with E-state index >= 15 is 0 Å². The van der Waals surface area contributed by atoms with Gasteiger partial charge in [0, 0.05) is 23.7 Å². The van der Waals surface area contributed by atoms with Crippen molar-refractivity contribution in [2.45, 2.75) is 12.5 Å². The highest BCUT2D eigenvalue weighted by Crippen LogP contribution is 2.41. The Morgan fingerprint density at radius 2 is 2.04 bits per heavy atom. The van der Waals surface area contributed by atoms with E-state index in [0.717, 1.165) is 21.1 Å². The molecule has 1 aliphatic rings. The van der Waals surface area contributed by atoms with Gasteiger partial charge in [-0.15, -0.1) is 11.3 Å². The number of benzene rings is 1. The molecular weight excluding hydrogens is 401 g/mol. The molecule has 1 unspecified atom stereocenters. The van der Waals surface area contributed by atoms with Crippen molar-refractivity contribution in [2.24, 2.45) is 10.7 Å². The molecule has 0 fully saturated rings. The molecule has 3 N–H and O–H groups in total. The zero-order valence-corrected chi connectivity index (χ0v) is 16.8. The van der Waals surface area contributed by atoms with Gasteiger partial charge in [0.15, 0.2) is 0 Å². The number of thiophene rings is 1. The van der Waals surface area contributed by atoms with Gasteiger partial charge in [-0.2, -0.15) is 5.10 Å². The van der Waals surface area contributed by atoms with E-state index in [1.54, 1.807) is 13.1 Å². The fourth-order valence-electron chi connectivity index (χ4n) is 3.20. The zero-order valence-electron chi connectivity index (χ0n) is 15.2. The molecule has 10 heteroatoms. The van der Waals surface area contributed by atoms with Crippen molar-refractivity contribution in [1.82, 2.24) is 14.5 Å². The highest BCUT2D eigenvalue weighted by atomic mass is 32.2. The number of H-pyrrole nitrogens is 1. The number of aromatic nitrogens is 2. The van der Waals surface area contributed by atoms with Gasteiger partial charge in [0.1, 0.15) is 11.4 Å². The van der Waals surface area contributed by atoms with E-state index in [2.05, 4.69) is 15.2 Å². The van der Waals surface area contributed by atoms with Crippen LogP contribution in [0.2, 0.25) is 0 Å². The molecule has 146 valence electrons. The Balaban J connectivity index is 1.77. The Hall–Kier alpha value is -2.72. The molecule has 0 saturated heterocycles. The normalized spacial score (nSPS) is 21.5. The Kier molecular flexibility index (Phi) is 4.27. The second kappa shape index (κ2) is 6.42. The summed E-state index contributed by atoms with van der Waals surface area (Å²) >= 11 is 1.18. The van der Waals surface area contributed by atoms with Crippen molar-refractivity contribution in [2.75, 3.05) is 12.8 Å². The standard InChI is InChI=1S/C18H18FN5O2S2/c1-18(10-28(25,26)24(2)17(20)22-18)16-13(19)9-15(27-16)12-5-3-4-11(8-12)14-6-7-21-23-14/h3-9H,10H2,1-2H3,(H2,20,22)(H,21,23). The Morgan fingerprint density at radius 1 is 1.29 bits per heavy atom. The van der Waals surface area contributed by atoms with E-state index in [4.69, 9.17) is 5.73 Å². The first-order chi connectivity index (χ1) is 13.2. The quantitative estimate of drug-likeness (QED) is 0.681. The summed E-state index contributed by atoms with van der Waals surface area (Å²) in [6, 6.07) is 10.9. The number of nitrogens with two attached hydrogens (primary N) is 1. The summed E-state index contributed by atoms with van der Waals surface area (Å²) < 4.78 is 40.5. The third-order valence-electron chi connectivity index (χ3n) is 4.70. The molecule has 1 aromatic carbocycles. The Bertz CT molecular complexity index is 1170. The van der Waals surface area contributed by atoms with Crippen molar-refractivity contribution < 1.29 is 12.8 Å². The number of guanidine groups is 1. The van der Waals surface area contributed by atoms with Gasteiger partial charge < -0.3 is 5.73 Å². The summed E-state index contributed by atoms with van der Waals surface area (Å²) in [5.41, 5.74) is 7.09. The number of sulfonamides is 1. The lowest BCUT2D eigenvalue weighted by Gasteiger charge is -2.33. The second-order valence-corrected chi connectivity index (χ2v) is 9.86. The van der Waals surface area contributed by atoms with Crippen molar-refractivity contribution in [1.29, 1.82) is 0 Å². The number of hydrogen-bond acceptors (Lipinski definition) is 6. The number of aliphatic imine (C=N–C) groups is 1. The number of halogens is 1. The molecule has 3 heterocycles. The lowest BCUT2D eigenvalue weighted by molar-refractivity contribution is 0.466. The molecule has 4 rings (SSSR count). The summed E-state index contributed by atoms with van der Waals surface area (Å²) in [6.45, 7) is 1.59. The number of hydrogen-bond donors (Lipinski definition) is 2. The predicted octanol–water partition coefficient (Wildman–Crippen LogP) is 2.75. The van der Waals surface area contributed by atoms with E-state index in [1.165, 1.54) is 24.5 Å². The van der Waals surface area contributed by atoms with Gasteiger partial charge in [-0.1, -0.05) is 18.2 Å². The average Bonchev–Trinajstić information content (AvgIpc) is 3.29. The van der Waals surface area contributed by atoms with Gasteiger partial charge in [0.2, 0.25) is 16.0 Å². The van der Waals surface area contributed by atoms with Crippen LogP contribution >= 0.6 is 11.3 Å². The molecule has 0 saturated carbocycles. The maximum atomic E-state index is 14.9. The Labute approximate surface area is 165 Å². The first kappa shape index (κ1) is 18.6. The van der Waals surface area contributed by atoms with Gasteiger partial charge in [0.25, 0.3) is 0 Å². The van der Waals surface area contributed by atoms with Crippen LogP contribution in [0, 0.1) is 5.82 Å². The molecule has 0 amide bonds. The van der Waals surface area contributed by atoms with Gasteiger partial charge in [-0.25, -0.2) is 22.1 Å². The minimum absolute atomic E-state index is 0.149. The van der Waals surface area contributed by atoms with Gasteiger partial charge >= 0.3 is 0 Å². The monoisotopic (exact) mass is 419 g/mol. The minimum atomic E-state index is -3.67. The number of aromatic amines is 1. The molecule has 7 nitrogen and oxygen atoms in total. The number of nitrogens with one attached hydrogen (secondary N) is 1. The highest BCUT2D eigenvalue weighted by molar-refractivity contribution is 7.89. The molecule has 0 spiro atoms. The van der Waals surface area contributed by atoms with Crippen LogP contribution in [0.4, 0.5) is 4.39 Å². The van der Waals surface area contributed by atoms with Crippen LogP contribution in [-0.2, 0) is 15.6 Å². The lowest BCUT2D eigenvalue weighted by Crippen LogP contribution is -2.50. The van der Waals surface area contributed by atoms with Crippen molar-refractivity contribution >= 4 is 27.3 Å². The number of nitrogens with zero attached hydrogens (tertiary/aromatic N) is 3. The molecule has 1 aliphatic heterocycles. The van der Waals surface area contributed by atoms with Crippen molar-refractivity contribution in [3.8, 4) is 21.7 Å². The smallest absolute Gasteiger partial charge is 0.239 e. The third-order valence-corrected chi connectivity index (χ3v) is 8.06. The summed E-state index contributed by atoms with van der Waals surface area (Å²) in [5.74, 6) is -0.988. The van der Waals surface area contributed by atoms with Crippen molar-refractivity contribution in [3.63, 3.8) is 0 Å². The van der Waals surface area contributed by atoms with Gasteiger partial charge in [-0.05, 0) is 30.7 Å². The van der Waals surface area contributed by atoms with Crippen LogP contribution in [0.1, 0.15) is 11.8 Å². The van der Waals surface area contributed by atoms with Crippen LogP contribution in [0.15, 0.2) is 47.6 Å². The van der Waals surface area contributed by atoms with Gasteiger partial charge in [0.05, 0.1) is 16.3 Å². The van der Waals surface area contributed by atoms with E-state index in [-0.39, 0.29) is 16.6 Å². The predicted molar refractivity (Wildman–Crippen MR) is 108 cm³/mol. The van der Waals surface area contributed by atoms with Crippen molar-refractivity contribution in [3.05, 3.63) is 53.3 Å².